The molecule has 3 N–H and O–H groups in total. The molecule has 1 unspecified atom stereocenters. The van der Waals surface area contributed by atoms with Crippen molar-refractivity contribution in [1.82, 2.24) is 30.3 Å². The third-order valence-electron chi connectivity index (χ3n) is 7.34. The third kappa shape index (κ3) is 5.68. The van der Waals surface area contributed by atoms with E-state index in [-0.39, 0.29) is 30.2 Å². The topological polar surface area (TPSA) is 127 Å². The number of halogens is 2. The Balaban J connectivity index is 1.62. The number of fused-ring (bicyclic) bond motifs is 2. The van der Waals surface area contributed by atoms with E-state index in [9.17, 15) is 14.3 Å². The number of hydrogen-bond acceptors (Lipinski definition) is 8. The number of carbonyl (C=O) groups excluding carboxylic acids is 1. The van der Waals surface area contributed by atoms with Crippen LogP contribution in [0.25, 0.3) is 54.8 Å². The van der Waals surface area contributed by atoms with Crippen LogP contribution in [0.1, 0.15) is 11.7 Å². The van der Waals surface area contributed by atoms with E-state index in [1.807, 2.05) is 36.7 Å². The number of aromatic amines is 1. The molecule has 0 aliphatic carbocycles. The van der Waals surface area contributed by atoms with Crippen LogP contribution < -0.4 is 10.1 Å². The number of amides is 1. The number of hydrogen-bond donors (Lipinski definition) is 3. The molecule has 6 aromatic rings. The summed E-state index contributed by atoms with van der Waals surface area (Å²) in [6, 6.07) is 10.5. The number of thiophene rings is 1. The van der Waals surface area contributed by atoms with Crippen molar-refractivity contribution in [2.75, 3.05) is 26.9 Å². The molecular weight excluding hydrogens is 602 g/mol. The lowest BCUT2D eigenvalue weighted by molar-refractivity contribution is -0.117. The molecular formula is C32H28F2N6O4S. The predicted molar refractivity (Wildman–Crippen MR) is 168 cm³/mol. The fraction of sp³-hybridized carbons (Fsp3) is 0.188. The molecule has 0 spiro atoms. The maximum atomic E-state index is 15.9. The fourth-order valence-corrected chi connectivity index (χ4v) is 6.15. The number of carbonyl (C=O) groups is 1. The van der Waals surface area contributed by atoms with Gasteiger partial charge < -0.3 is 19.9 Å². The van der Waals surface area contributed by atoms with Crippen LogP contribution in [0.2, 0.25) is 0 Å². The molecule has 10 nitrogen and oxygen atoms in total. The molecule has 1 amide bonds. The average molecular weight is 631 g/mol. The fourth-order valence-electron chi connectivity index (χ4n) is 5.20. The third-order valence-corrected chi connectivity index (χ3v) is 8.27. The monoisotopic (exact) mass is 630 g/mol. The van der Waals surface area contributed by atoms with Crippen LogP contribution in [0.15, 0.2) is 66.7 Å². The van der Waals surface area contributed by atoms with Gasteiger partial charge in [-0.05, 0) is 35.7 Å². The molecule has 0 saturated carbocycles. The Bertz CT molecular complexity index is 2050. The van der Waals surface area contributed by atoms with E-state index in [1.165, 1.54) is 18.4 Å². The van der Waals surface area contributed by atoms with E-state index < -0.39 is 30.2 Å². The Kier molecular flexibility index (Phi) is 8.39. The van der Waals surface area contributed by atoms with E-state index in [0.29, 0.717) is 27.3 Å². The van der Waals surface area contributed by atoms with E-state index in [1.54, 1.807) is 16.9 Å². The average Bonchev–Trinajstić information content (AvgIpc) is 3.80. The Hall–Kier alpha value is -4.98. The van der Waals surface area contributed by atoms with Crippen molar-refractivity contribution in [3.63, 3.8) is 0 Å². The summed E-state index contributed by atoms with van der Waals surface area (Å²) < 4.78 is 43.8. The van der Waals surface area contributed by atoms with Crippen LogP contribution in [0.3, 0.4) is 0 Å². The highest BCUT2D eigenvalue weighted by Crippen LogP contribution is 2.47. The van der Waals surface area contributed by atoms with Crippen LogP contribution in [0, 0.1) is 11.6 Å². The van der Waals surface area contributed by atoms with Gasteiger partial charge >= 0.3 is 0 Å². The molecule has 45 heavy (non-hydrogen) atoms. The molecule has 230 valence electrons. The minimum Gasteiger partial charge on any atom is -0.490 e. The second-order valence-corrected chi connectivity index (χ2v) is 11.1. The summed E-state index contributed by atoms with van der Waals surface area (Å²) in [5, 5.41) is 27.9. The summed E-state index contributed by atoms with van der Waals surface area (Å²) in [7, 11) is 3.36. The highest BCUT2D eigenvalue weighted by molar-refractivity contribution is 7.18. The summed E-state index contributed by atoms with van der Waals surface area (Å²) in [6.45, 7) is 3.29. The highest BCUT2D eigenvalue weighted by atomic mass is 32.1. The summed E-state index contributed by atoms with van der Waals surface area (Å²) in [6.07, 6.45) is 2.86. The van der Waals surface area contributed by atoms with Gasteiger partial charge in [-0.25, -0.2) is 13.8 Å². The zero-order valence-electron chi connectivity index (χ0n) is 24.3. The molecule has 4 aromatic heterocycles. The van der Waals surface area contributed by atoms with Gasteiger partial charge in [-0.3, -0.25) is 14.6 Å². The van der Waals surface area contributed by atoms with Crippen molar-refractivity contribution in [3.05, 3.63) is 84.0 Å². The number of nitrogens with one attached hydrogen (secondary N) is 2. The van der Waals surface area contributed by atoms with E-state index in [4.69, 9.17) is 14.5 Å². The number of aliphatic hydroxyl groups excluding tert-OH is 1. The van der Waals surface area contributed by atoms with Crippen LogP contribution in [0.4, 0.5) is 8.78 Å². The molecule has 0 fully saturated rings. The van der Waals surface area contributed by atoms with Crippen molar-refractivity contribution in [2.24, 2.45) is 7.05 Å². The van der Waals surface area contributed by atoms with Crippen molar-refractivity contribution < 1.29 is 28.2 Å². The molecule has 0 aliphatic rings. The van der Waals surface area contributed by atoms with Gasteiger partial charge in [0.25, 0.3) is 0 Å². The predicted octanol–water partition coefficient (Wildman–Crippen LogP) is 5.55. The molecule has 0 bridgehead atoms. The first kappa shape index (κ1) is 30.1. The van der Waals surface area contributed by atoms with E-state index in [0.717, 1.165) is 40.1 Å². The van der Waals surface area contributed by atoms with Gasteiger partial charge in [0.1, 0.15) is 35.4 Å². The maximum absolute atomic E-state index is 15.9. The number of aryl methyl sites for hydroxylation is 1. The summed E-state index contributed by atoms with van der Waals surface area (Å²) in [4.78, 5) is 17.1. The van der Waals surface area contributed by atoms with Crippen molar-refractivity contribution in [2.45, 2.75) is 6.04 Å². The van der Waals surface area contributed by atoms with Gasteiger partial charge in [-0.2, -0.15) is 10.2 Å². The second kappa shape index (κ2) is 12.6. The van der Waals surface area contributed by atoms with Crippen LogP contribution >= 0.6 is 11.3 Å². The van der Waals surface area contributed by atoms with Crippen LogP contribution in [-0.2, 0) is 16.6 Å². The summed E-state index contributed by atoms with van der Waals surface area (Å²) >= 11 is 1.37. The Morgan fingerprint density at radius 3 is 2.80 bits per heavy atom. The minimum atomic E-state index is -0.841. The number of aliphatic hydroxyl groups is 1. The van der Waals surface area contributed by atoms with Gasteiger partial charge in [-0.1, -0.05) is 12.6 Å². The molecule has 6 rings (SSSR count). The molecule has 0 radical (unpaired) electrons. The van der Waals surface area contributed by atoms with Gasteiger partial charge in [0, 0.05) is 52.9 Å². The zero-order chi connectivity index (χ0) is 31.7. The van der Waals surface area contributed by atoms with Gasteiger partial charge in [-0.15, -0.1) is 11.3 Å². The molecule has 4 heterocycles. The first-order valence-electron chi connectivity index (χ1n) is 13.9. The van der Waals surface area contributed by atoms with E-state index >= 15 is 4.39 Å². The smallest absolute Gasteiger partial charge is 0.243 e. The maximum Gasteiger partial charge on any atom is 0.243 e. The summed E-state index contributed by atoms with van der Waals surface area (Å²) in [5.41, 5.74) is 3.69. The number of methoxy groups -OCH3 is 1. The molecule has 1 atom stereocenters. The highest BCUT2D eigenvalue weighted by Gasteiger charge is 2.27. The van der Waals surface area contributed by atoms with Gasteiger partial charge in [0.15, 0.2) is 0 Å². The van der Waals surface area contributed by atoms with Crippen LogP contribution in [-0.4, -0.2) is 62.9 Å². The van der Waals surface area contributed by atoms with Gasteiger partial charge in [0.2, 0.25) is 5.91 Å². The summed E-state index contributed by atoms with van der Waals surface area (Å²) in [5.74, 6) is -2.14. The SMILES string of the molecule is C=CC(=O)NC(CO)c1cc(-c2nc(-c3ccc4c(cnn4C)c3)c3ccsc3c2-c2c(F)cc(F)cc2OCCOC)n[nH]1. The Morgan fingerprint density at radius 2 is 2.02 bits per heavy atom. The number of nitrogens with zero attached hydrogens (tertiary/aromatic N) is 4. The number of H-pyrrole nitrogens is 1. The number of pyridine rings is 1. The number of aromatic nitrogens is 5. The lowest BCUT2D eigenvalue weighted by Crippen LogP contribution is -2.29. The van der Waals surface area contributed by atoms with Crippen molar-refractivity contribution >= 4 is 38.2 Å². The largest absolute Gasteiger partial charge is 0.490 e. The zero-order valence-corrected chi connectivity index (χ0v) is 25.1. The molecule has 0 saturated heterocycles. The molecule has 13 heteroatoms. The van der Waals surface area contributed by atoms with Crippen LogP contribution in [0.5, 0.6) is 5.75 Å². The lowest BCUT2D eigenvalue weighted by Gasteiger charge is -2.17. The first-order chi connectivity index (χ1) is 21.8. The molecule has 0 aliphatic heterocycles. The second-order valence-electron chi connectivity index (χ2n) is 10.1. The number of rotatable bonds is 11. The first-order valence-corrected chi connectivity index (χ1v) is 14.7. The number of benzene rings is 2. The Morgan fingerprint density at radius 1 is 1.18 bits per heavy atom. The van der Waals surface area contributed by atoms with Gasteiger partial charge in [0.05, 0.1) is 47.9 Å². The van der Waals surface area contributed by atoms with Crippen molar-refractivity contribution in [3.8, 4) is 39.5 Å². The number of ether oxygens (including phenoxy) is 2. The normalized spacial score (nSPS) is 12.1. The molecule has 2 aromatic carbocycles. The lowest BCUT2D eigenvalue weighted by atomic mass is 9.96. The van der Waals surface area contributed by atoms with Crippen molar-refractivity contribution in [1.29, 1.82) is 0 Å². The van der Waals surface area contributed by atoms with E-state index in [2.05, 4.69) is 27.2 Å². The minimum absolute atomic E-state index is 0.0138. The quantitative estimate of drug-likeness (QED) is 0.127. The Labute approximate surface area is 259 Å². The standard InChI is InChI=1S/C32H28F2N6O4S/c1-4-27(42)36-24(16-41)22-14-23(39-38-22)31-29(28-21(34)12-19(33)13-26(28)44-9-8-43-3)32-20(7-10-45-32)30(37-31)17-5-6-25-18(11-17)15-35-40(25)2/h4-7,10-15,24,41H,1,8-9,16H2,2-3H3,(H,36,42)(H,38,39).